The second kappa shape index (κ2) is 9.18. The molecule has 8 heteroatoms. The number of nitrogens with one attached hydrogen (secondary N) is 1. The van der Waals surface area contributed by atoms with Gasteiger partial charge < -0.3 is 15.3 Å². The van der Waals surface area contributed by atoms with Crippen LogP contribution in [-0.2, 0) is 9.59 Å². The third-order valence-corrected chi connectivity index (χ3v) is 5.63. The number of carbonyl (C=O) groups excluding carboxylic acids is 3. The first-order valence-corrected chi connectivity index (χ1v) is 10.3. The van der Waals surface area contributed by atoms with Crippen LogP contribution in [0.5, 0.6) is 0 Å². The van der Waals surface area contributed by atoms with Gasteiger partial charge in [0.15, 0.2) is 5.78 Å². The summed E-state index contributed by atoms with van der Waals surface area (Å²) in [6.07, 6.45) is 4.91. The Hall–Kier alpha value is -3.39. The summed E-state index contributed by atoms with van der Waals surface area (Å²) in [5.41, 5.74) is 2.62. The first-order chi connectivity index (χ1) is 15.0. The predicted molar refractivity (Wildman–Crippen MR) is 113 cm³/mol. The van der Waals surface area contributed by atoms with Crippen LogP contribution in [-0.4, -0.2) is 62.8 Å². The fourth-order valence-electron chi connectivity index (χ4n) is 4.23. The van der Waals surface area contributed by atoms with E-state index in [2.05, 4.69) is 15.3 Å². The van der Waals surface area contributed by atoms with E-state index >= 15 is 0 Å². The van der Waals surface area contributed by atoms with Gasteiger partial charge in [0.05, 0.1) is 18.7 Å². The summed E-state index contributed by atoms with van der Waals surface area (Å²) in [5, 5.41) is 13.1. The van der Waals surface area contributed by atoms with Crippen LogP contribution in [0.4, 0.5) is 0 Å². The molecule has 2 amide bonds. The molecular formula is C23H24N4O4. The molecule has 1 fully saturated rings. The Morgan fingerprint density at radius 3 is 2.68 bits per heavy atom. The number of allylic oxidation sites excluding steroid dienone is 1. The number of amides is 2. The number of hydrogen-bond donors (Lipinski definition) is 2. The monoisotopic (exact) mass is 420 g/mol. The maximum Gasteiger partial charge on any atom is 0.274 e. The highest BCUT2D eigenvalue weighted by Gasteiger charge is 2.32. The summed E-state index contributed by atoms with van der Waals surface area (Å²) in [6, 6.07) is 9.21. The van der Waals surface area contributed by atoms with E-state index in [0.717, 1.165) is 11.1 Å². The summed E-state index contributed by atoms with van der Waals surface area (Å²) in [4.78, 5) is 47.2. The quantitative estimate of drug-likeness (QED) is 0.756. The number of aromatic nitrogens is 2. The van der Waals surface area contributed by atoms with Gasteiger partial charge in [-0.3, -0.25) is 19.4 Å². The number of benzene rings is 1. The number of rotatable bonds is 5. The molecule has 0 spiro atoms. The van der Waals surface area contributed by atoms with E-state index in [1.165, 1.54) is 23.5 Å². The lowest BCUT2D eigenvalue weighted by molar-refractivity contribution is -0.123. The molecule has 2 heterocycles. The van der Waals surface area contributed by atoms with Crippen LogP contribution in [0.1, 0.15) is 41.7 Å². The molecular weight excluding hydrogens is 396 g/mol. The molecule has 2 atom stereocenters. The van der Waals surface area contributed by atoms with Gasteiger partial charge in [0.1, 0.15) is 5.69 Å². The summed E-state index contributed by atoms with van der Waals surface area (Å²) >= 11 is 0. The zero-order valence-electron chi connectivity index (χ0n) is 17.0. The molecule has 1 aliphatic heterocycles. The Balaban J connectivity index is 1.43. The van der Waals surface area contributed by atoms with Crippen molar-refractivity contribution in [3.63, 3.8) is 0 Å². The summed E-state index contributed by atoms with van der Waals surface area (Å²) in [7, 11) is 0. The SMILES string of the molecule is O=C(CC1=C(c2ccccc2)CCC1=O)N[C@H]1C[C@@H](O)CN(C(=O)c2cnccn2)C1. The molecule has 1 aromatic carbocycles. The predicted octanol–water partition coefficient (Wildman–Crippen LogP) is 1.37. The number of β-amino-alcohol motifs (C(OH)–C–C–N with tert-alkyl or cyclic N) is 1. The van der Waals surface area contributed by atoms with E-state index in [9.17, 15) is 19.5 Å². The lowest BCUT2D eigenvalue weighted by Crippen LogP contribution is -2.54. The van der Waals surface area contributed by atoms with E-state index in [4.69, 9.17) is 0 Å². The second-order valence-electron chi connectivity index (χ2n) is 7.88. The Labute approximate surface area is 180 Å². The molecule has 31 heavy (non-hydrogen) atoms. The molecule has 0 unspecified atom stereocenters. The number of Topliss-reactive ketones (excluding diaryl/α,β-unsaturated/α-hetero) is 1. The number of hydrogen-bond acceptors (Lipinski definition) is 6. The minimum absolute atomic E-state index is 0.00265. The van der Waals surface area contributed by atoms with Gasteiger partial charge in [-0.25, -0.2) is 4.98 Å². The van der Waals surface area contributed by atoms with Crippen LogP contribution >= 0.6 is 0 Å². The third-order valence-electron chi connectivity index (χ3n) is 5.63. The van der Waals surface area contributed by atoms with Gasteiger partial charge in [-0.2, -0.15) is 0 Å². The highest BCUT2D eigenvalue weighted by molar-refractivity contribution is 6.10. The maximum absolute atomic E-state index is 12.7. The van der Waals surface area contributed by atoms with Crippen LogP contribution in [0.15, 0.2) is 54.5 Å². The lowest BCUT2D eigenvalue weighted by atomic mass is 9.99. The van der Waals surface area contributed by atoms with Crippen molar-refractivity contribution in [1.82, 2.24) is 20.2 Å². The Morgan fingerprint density at radius 1 is 1.13 bits per heavy atom. The van der Waals surface area contributed by atoms with Crippen molar-refractivity contribution in [3.05, 3.63) is 65.8 Å². The summed E-state index contributed by atoms with van der Waals surface area (Å²) in [5.74, 6) is -0.632. The molecule has 1 aliphatic carbocycles. The van der Waals surface area contributed by atoms with Crippen molar-refractivity contribution >= 4 is 23.2 Å². The van der Waals surface area contributed by atoms with Crippen molar-refractivity contribution < 1.29 is 19.5 Å². The largest absolute Gasteiger partial charge is 0.391 e. The minimum atomic E-state index is -0.758. The fraction of sp³-hybridized carbons (Fsp3) is 0.348. The van der Waals surface area contributed by atoms with E-state index < -0.39 is 12.1 Å². The minimum Gasteiger partial charge on any atom is -0.391 e. The van der Waals surface area contributed by atoms with Crippen molar-refractivity contribution in [2.45, 2.75) is 37.8 Å². The number of nitrogens with zero attached hydrogens (tertiary/aromatic N) is 3. The van der Waals surface area contributed by atoms with Gasteiger partial charge in [0, 0.05) is 43.5 Å². The molecule has 2 N–H and O–H groups in total. The van der Waals surface area contributed by atoms with Crippen LogP contribution in [0.2, 0.25) is 0 Å². The first kappa shape index (κ1) is 20.9. The molecule has 1 aromatic heterocycles. The van der Waals surface area contributed by atoms with Gasteiger partial charge in [-0.1, -0.05) is 30.3 Å². The molecule has 4 rings (SSSR count). The van der Waals surface area contributed by atoms with Crippen LogP contribution in [0, 0.1) is 0 Å². The normalized spacial score (nSPS) is 21.3. The zero-order chi connectivity index (χ0) is 21.8. The van der Waals surface area contributed by atoms with Gasteiger partial charge >= 0.3 is 0 Å². The molecule has 2 aromatic rings. The average molecular weight is 420 g/mol. The molecule has 2 aliphatic rings. The van der Waals surface area contributed by atoms with Crippen molar-refractivity contribution in [1.29, 1.82) is 0 Å². The molecule has 0 saturated carbocycles. The highest BCUT2D eigenvalue weighted by atomic mass is 16.3. The number of piperidine rings is 1. The molecule has 1 saturated heterocycles. The van der Waals surface area contributed by atoms with Gasteiger partial charge in [0.2, 0.25) is 5.91 Å². The van der Waals surface area contributed by atoms with Crippen LogP contribution in [0.25, 0.3) is 5.57 Å². The maximum atomic E-state index is 12.7. The standard InChI is InChI=1S/C23H24N4O4/c28-17-10-16(13-27(14-17)23(31)20-12-24-8-9-25-20)26-22(30)11-19-18(6-7-21(19)29)15-4-2-1-3-5-15/h1-5,8-9,12,16-17,28H,6-7,10-11,13-14H2,(H,26,30)/t16-,17+/m0/s1. The topological polar surface area (TPSA) is 112 Å². The summed E-state index contributed by atoms with van der Waals surface area (Å²) in [6.45, 7) is 0.431. The Bertz CT molecular complexity index is 1010. The molecule has 0 radical (unpaired) electrons. The van der Waals surface area contributed by atoms with Gasteiger partial charge in [-0.05, 0) is 24.0 Å². The number of likely N-dealkylation sites (tertiary alicyclic amines) is 1. The molecule has 160 valence electrons. The second-order valence-corrected chi connectivity index (χ2v) is 7.88. The number of ketones is 1. The van der Waals surface area contributed by atoms with Gasteiger partial charge in [-0.15, -0.1) is 0 Å². The number of aliphatic hydroxyl groups excluding tert-OH is 1. The smallest absolute Gasteiger partial charge is 0.274 e. The number of aliphatic hydroxyl groups is 1. The van der Waals surface area contributed by atoms with Crippen LogP contribution < -0.4 is 5.32 Å². The molecule has 8 nitrogen and oxygen atoms in total. The van der Waals surface area contributed by atoms with Crippen molar-refractivity contribution in [2.75, 3.05) is 13.1 Å². The fourth-order valence-corrected chi connectivity index (χ4v) is 4.23. The lowest BCUT2D eigenvalue weighted by Gasteiger charge is -2.35. The van der Waals surface area contributed by atoms with E-state index in [-0.39, 0.29) is 42.8 Å². The zero-order valence-corrected chi connectivity index (χ0v) is 17.0. The van der Waals surface area contributed by atoms with Crippen molar-refractivity contribution in [3.8, 4) is 0 Å². The molecule has 0 bridgehead atoms. The number of carbonyl (C=O) groups is 3. The van der Waals surface area contributed by atoms with E-state index in [1.54, 1.807) is 0 Å². The van der Waals surface area contributed by atoms with Crippen molar-refractivity contribution in [2.24, 2.45) is 0 Å². The first-order valence-electron chi connectivity index (χ1n) is 10.3. The Morgan fingerprint density at radius 2 is 1.94 bits per heavy atom. The highest BCUT2D eigenvalue weighted by Crippen LogP contribution is 2.33. The van der Waals surface area contributed by atoms with E-state index in [1.807, 2.05) is 30.3 Å². The Kier molecular flexibility index (Phi) is 6.18. The van der Waals surface area contributed by atoms with Crippen LogP contribution in [0.3, 0.4) is 0 Å². The third kappa shape index (κ3) is 4.86. The average Bonchev–Trinajstić information content (AvgIpc) is 3.14. The van der Waals surface area contributed by atoms with E-state index in [0.29, 0.717) is 24.8 Å². The van der Waals surface area contributed by atoms with Gasteiger partial charge in [0.25, 0.3) is 5.91 Å². The summed E-state index contributed by atoms with van der Waals surface area (Å²) < 4.78 is 0.